The zero-order chi connectivity index (χ0) is 13.9. The van der Waals surface area contributed by atoms with Crippen LogP contribution in [0.2, 0.25) is 0 Å². The molecular weight excluding hydrogens is 251 g/mol. The fourth-order valence-electron chi connectivity index (χ4n) is 5.99. The Hall–Kier alpha value is -0.660. The molecule has 0 bridgehead atoms. The second-order valence-corrected chi connectivity index (χ2v) is 7.85. The Kier molecular flexibility index (Phi) is 2.88. The molecule has 0 aromatic rings. The predicted molar refractivity (Wildman–Crippen MR) is 77.0 cm³/mol. The first-order valence-electron chi connectivity index (χ1n) is 8.46. The van der Waals surface area contributed by atoms with E-state index in [2.05, 4.69) is 13.0 Å². The third kappa shape index (κ3) is 1.69. The number of fused-ring (bicyclic) bond motifs is 5. The van der Waals surface area contributed by atoms with Gasteiger partial charge in [-0.2, -0.15) is 0 Å². The van der Waals surface area contributed by atoms with Crippen molar-refractivity contribution in [2.45, 2.75) is 64.5 Å². The van der Waals surface area contributed by atoms with Crippen LogP contribution in [0.1, 0.15) is 58.3 Å². The summed E-state index contributed by atoms with van der Waals surface area (Å²) in [5.41, 5.74) is 1.39. The summed E-state index contributed by atoms with van der Waals surface area (Å²) in [6, 6.07) is 0. The van der Waals surface area contributed by atoms with Gasteiger partial charge in [-0.1, -0.05) is 18.6 Å². The van der Waals surface area contributed by atoms with Gasteiger partial charge in [0.25, 0.3) is 0 Å². The van der Waals surface area contributed by atoms with Gasteiger partial charge < -0.3 is 0 Å². The molecule has 4 aliphatic rings. The van der Waals surface area contributed by atoms with Crippen molar-refractivity contribution in [2.75, 3.05) is 0 Å². The van der Waals surface area contributed by atoms with Gasteiger partial charge >= 0.3 is 0 Å². The van der Waals surface area contributed by atoms with Crippen LogP contribution in [-0.2, 0) is 4.79 Å². The van der Waals surface area contributed by atoms with E-state index in [0.717, 1.165) is 44.4 Å². The van der Waals surface area contributed by atoms with E-state index >= 15 is 0 Å². The fraction of sp³-hybridized carbons (Fsp3) is 0.833. The topological polar surface area (TPSA) is 17.1 Å². The van der Waals surface area contributed by atoms with E-state index in [0.29, 0.717) is 30.0 Å². The molecule has 0 unspecified atom stereocenters. The number of ketones is 1. The summed E-state index contributed by atoms with van der Waals surface area (Å²) in [6.07, 6.45) is 9.55. The van der Waals surface area contributed by atoms with E-state index in [-0.39, 0.29) is 5.41 Å². The van der Waals surface area contributed by atoms with E-state index in [4.69, 9.17) is 0 Å². The second kappa shape index (κ2) is 4.42. The first-order chi connectivity index (χ1) is 9.59. The third-order valence-corrected chi connectivity index (χ3v) is 7.09. The number of halogens is 1. The first kappa shape index (κ1) is 13.0. The Morgan fingerprint density at radius 2 is 2.05 bits per heavy atom. The highest BCUT2D eigenvalue weighted by atomic mass is 19.1. The summed E-state index contributed by atoms with van der Waals surface area (Å²) in [6.45, 7) is 2.22. The lowest BCUT2D eigenvalue weighted by Gasteiger charge is -2.51. The largest absolute Gasteiger partial charge is 0.299 e. The quantitative estimate of drug-likeness (QED) is 0.597. The van der Waals surface area contributed by atoms with Gasteiger partial charge in [-0.3, -0.25) is 4.79 Å². The highest BCUT2D eigenvalue weighted by Crippen LogP contribution is 2.60. The van der Waals surface area contributed by atoms with Crippen LogP contribution in [-0.4, -0.2) is 12.0 Å². The molecule has 20 heavy (non-hydrogen) atoms. The van der Waals surface area contributed by atoms with E-state index in [9.17, 15) is 9.18 Å². The number of Topliss-reactive ketones (excluding diaryl/α,β-unsaturated/α-hetero) is 1. The summed E-state index contributed by atoms with van der Waals surface area (Å²) >= 11 is 0. The SMILES string of the molecule is C[C@]12CC[C@H]3[C@@H](CC=C4C[C@@H](F)CC[C@@H]43)[C@@H]1CCC2=O. The number of allylic oxidation sites excluding steroid dienone is 2. The van der Waals surface area contributed by atoms with Crippen LogP contribution in [0, 0.1) is 29.1 Å². The van der Waals surface area contributed by atoms with Gasteiger partial charge in [-0.05, 0) is 68.6 Å². The summed E-state index contributed by atoms with van der Waals surface area (Å²) in [5, 5.41) is 0. The lowest BCUT2D eigenvalue weighted by molar-refractivity contribution is -0.130. The van der Waals surface area contributed by atoms with Crippen molar-refractivity contribution in [1.29, 1.82) is 0 Å². The van der Waals surface area contributed by atoms with Crippen LogP contribution in [0.3, 0.4) is 0 Å². The minimum atomic E-state index is -0.601. The molecule has 110 valence electrons. The standard InChI is InChI=1S/C18H25FO/c1-18-9-8-14-13-5-3-12(19)10-11(13)2-4-15(14)16(18)6-7-17(18)20/h2,12-16H,3-10H2,1H3/t12-,13-,14+,15+,16-,18-/m0/s1. The average molecular weight is 276 g/mol. The summed E-state index contributed by atoms with van der Waals surface area (Å²) in [7, 11) is 0. The summed E-state index contributed by atoms with van der Waals surface area (Å²) in [4.78, 5) is 12.3. The smallest absolute Gasteiger partial charge is 0.139 e. The van der Waals surface area contributed by atoms with E-state index in [1.807, 2.05) is 0 Å². The van der Waals surface area contributed by atoms with Gasteiger partial charge in [0.15, 0.2) is 0 Å². The van der Waals surface area contributed by atoms with Crippen LogP contribution in [0.5, 0.6) is 0 Å². The van der Waals surface area contributed by atoms with Crippen molar-refractivity contribution in [3.63, 3.8) is 0 Å². The normalized spacial score (nSPS) is 51.0. The van der Waals surface area contributed by atoms with Crippen LogP contribution in [0.25, 0.3) is 0 Å². The van der Waals surface area contributed by atoms with E-state index < -0.39 is 6.17 Å². The molecule has 1 nitrogen and oxygen atoms in total. The lowest BCUT2D eigenvalue weighted by Crippen LogP contribution is -2.46. The van der Waals surface area contributed by atoms with Crippen LogP contribution in [0.15, 0.2) is 11.6 Å². The van der Waals surface area contributed by atoms with Gasteiger partial charge in [0.2, 0.25) is 0 Å². The fourth-order valence-corrected chi connectivity index (χ4v) is 5.99. The molecule has 0 aromatic heterocycles. The molecule has 0 saturated heterocycles. The first-order valence-corrected chi connectivity index (χ1v) is 8.46. The van der Waals surface area contributed by atoms with Gasteiger partial charge in [0, 0.05) is 11.8 Å². The predicted octanol–water partition coefficient (Wildman–Crippen LogP) is 4.47. The van der Waals surface area contributed by atoms with E-state index in [1.165, 1.54) is 12.0 Å². The Morgan fingerprint density at radius 3 is 2.90 bits per heavy atom. The number of carbonyl (C=O) groups is 1. The molecule has 0 N–H and O–H groups in total. The molecule has 3 fully saturated rings. The van der Waals surface area contributed by atoms with Gasteiger partial charge in [-0.25, -0.2) is 4.39 Å². The minimum absolute atomic E-state index is 0.0240. The molecule has 0 radical (unpaired) electrons. The minimum Gasteiger partial charge on any atom is -0.299 e. The van der Waals surface area contributed by atoms with Crippen molar-refractivity contribution >= 4 is 5.78 Å². The van der Waals surface area contributed by atoms with Gasteiger partial charge in [0.1, 0.15) is 12.0 Å². The van der Waals surface area contributed by atoms with Crippen LogP contribution in [0.4, 0.5) is 4.39 Å². The Bertz CT molecular complexity index is 468. The number of hydrogen-bond donors (Lipinski definition) is 0. The molecule has 0 aliphatic heterocycles. The molecule has 0 aromatic carbocycles. The molecule has 2 heteroatoms. The summed E-state index contributed by atoms with van der Waals surface area (Å²) < 4.78 is 13.6. The molecule has 0 heterocycles. The molecule has 3 saturated carbocycles. The monoisotopic (exact) mass is 276 g/mol. The van der Waals surface area contributed by atoms with E-state index in [1.54, 1.807) is 0 Å². The Labute approximate surface area is 121 Å². The average Bonchev–Trinajstić information content (AvgIpc) is 2.74. The Morgan fingerprint density at radius 1 is 1.20 bits per heavy atom. The van der Waals surface area contributed by atoms with Crippen LogP contribution >= 0.6 is 0 Å². The Balaban J connectivity index is 1.64. The zero-order valence-corrected chi connectivity index (χ0v) is 12.4. The number of rotatable bonds is 0. The lowest BCUT2D eigenvalue weighted by atomic mass is 9.53. The highest BCUT2D eigenvalue weighted by Gasteiger charge is 2.55. The molecule has 6 atom stereocenters. The molecule has 0 amide bonds. The molecule has 0 spiro atoms. The molecular formula is C18H25FO. The highest BCUT2D eigenvalue weighted by molar-refractivity contribution is 5.87. The maximum absolute atomic E-state index is 13.6. The van der Waals surface area contributed by atoms with Crippen molar-refractivity contribution in [3.05, 3.63) is 11.6 Å². The number of hydrogen-bond acceptors (Lipinski definition) is 1. The number of alkyl halides is 1. The molecule has 4 rings (SSSR count). The third-order valence-electron chi connectivity index (χ3n) is 7.09. The van der Waals surface area contributed by atoms with Crippen LogP contribution < -0.4 is 0 Å². The van der Waals surface area contributed by atoms with Crippen molar-refractivity contribution < 1.29 is 9.18 Å². The second-order valence-electron chi connectivity index (χ2n) is 7.85. The van der Waals surface area contributed by atoms with Gasteiger partial charge in [0.05, 0.1) is 0 Å². The molecule has 4 aliphatic carbocycles. The van der Waals surface area contributed by atoms with Crippen molar-refractivity contribution in [2.24, 2.45) is 29.1 Å². The van der Waals surface area contributed by atoms with Crippen molar-refractivity contribution in [3.8, 4) is 0 Å². The summed E-state index contributed by atoms with van der Waals surface area (Å²) in [5.74, 6) is 3.20. The van der Waals surface area contributed by atoms with Crippen molar-refractivity contribution in [1.82, 2.24) is 0 Å². The van der Waals surface area contributed by atoms with Gasteiger partial charge in [-0.15, -0.1) is 0 Å². The zero-order valence-electron chi connectivity index (χ0n) is 12.4. The number of carbonyl (C=O) groups excluding carboxylic acids is 1. The maximum Gasteiger partial charge on any atom is 0.139 e. The maximum atomic E-state index is 13.6.